The second-order valence-electron chi connectivity index (χ2n) is 8.07. The van der Waals surface area contributed by atoms with Crippen molar-refractivity contribution < 1.29 is 9.59 Å². The molecular weight excluding hydrogens is 394 g/mol. The Balaban J connectivity index is 1.19. The number of piperazine rings is 1. The Labute approximate surface area is 180 Å². The number of likely N-dealkylation sites (tertiary alicyclic amines) is 1. The normalized spacial score (nSPS) is 16.8. The van der Waals surface area contributed by atoms with Crippen LogP contribution in [0.4, 0.5) is 5.82 Å². The molecule has 0 spiro atoms. The molecule has 0 bridgehead atoms. The third-order valence-corrected chi connectivity index (χ3v) is 6.03. The van der Waals surface area contributed by atoms with Crippen molar-refractivity contribution in [1.82, 2.24) is 29.6 Å². The van der Waals surface area contributed by atoms with E-state index in [2.05, 4.69) is 20.2 Å². The molecule has 1 aromatic carbocycles. The third kappa shape index (κ3) is 4.08. The zero-order valence-corrected chi connectivity index (χ0v) is 17.4. The number of carbonyl (C=O) groups excluding carboxylic acids is 2. The molecule has 2 saturated heterocycles. The van der Waals surface area contributed by atoms with Crippen LogP contribution in [0.2, 0.25) is 0 Å². The highest BCUT2D eigenvalue weighted by molar-refractivity contribution is 5.94. The van der Waals surface area contributed by atoms with Gasteiger partial charge in [-0.25, -0.2) is 0 Å². The lowest BCUT2D eigenvalue weighted by Crippen LogP contribution is -2.49. The van der Waals surface area contributed by atoms with Crippen LogP contribution in [-0.4, -0.2) is 80.7 Å². The summed E-state index contributed by atoms with van der Waals surface area (Å²) in [6.07, 6.45) is 4.03. The number of carbonyl (C=O) groups is 2. The van der Waals surface area contributed by atoms with Gasteiger partial charge in [0.2, 0.25) is 5.91 Å². The third-order valence-electron chi connectivity index (χ3n) is 6.03. The van der Waals surface area contributed by atoms with Gasteiger partial charge in [-0.1, -0.05) is 12.1 Å². The summed E-state index contributed by atoms with van der Waals surface area (Å²) in [4.78, 5) is 31.4. The van der Waals surface area contributed by atoms with E-state index in [0.717, 1.165) is 50.4 Å². The van der Waals surface area contributed by atoms with E-state index in [1.807, 2.05) is 46.2 Å². The van der Waals surface area contributed by atoms with E-state index in [-0.39, 0.29) is 11.8 Å². The first-order valence-electron chi connectivity index (χ1n) is 10.8. The van der Waals surface area contributed by atoms with Crippen molar-refractivity contribution in [3.05, 3.63) is 53.9 Å². The highest BCUT2D eigenvalue weighted by Crippen LogP contribution is 2.17. The van der Waals surface area contributed by atoms with E-state index in [1.165, 1.54) is 0 Å². The number of amides is 2. The average Bonchev–Trinajstić information content (AvgIpc) is 3.50. The summed E-state index contributed by atoms with van der Waals surface area (Å²) in [6, 6.07) is 11.3. The molecule has 0 unspecified atom stereocenters. The summed E-state index contributed by atoms with van der Waals surface area (Å²) in [5.41, 5.74) is 2.27. The highest BCUT2D eigenvalue weighted by atomic mass is 16.2. The number of fused-ring (bicyclic) bond motifs is 1. The Morgan fingerprint density at radius 2 is 1.71 bits per heavy atom. The minimum atomic E-state index is 0.0676. The maximum Gasteiger partial charge on any atom is 0.253 e. The number of benzene rings is 1. The second kappa shape index (κ2) is 8.33. The van der Waals surface area contributed by atoms with Crippen LogP contribution in [0.5, 0.6) is 0 Å². The van der Waals surface area contributed by atoms with Crippen LogP contribution in [0.1, 0.15) is 28.8 Å². The molecule has 0 aliphatic carbocycles. The predicted octanol–water partition coefficient (Wildman–Crippen LogP) is 1.25. The Morgan fingerprint density at radius 1 is 0.903 bits per heavy atom. The SMILES string of the molecule is O=C(Cc1cccc(C(=O)N2CCCC2)c1)N1CCN(c2ccc3nncn3n2)CC1. The molecule has 0 atom stereocenters. The summed E-state index contributed by atoms with van der Waals surface area (Å²) in [6.45, 7) is 4.39. The van der Waals surface area contributed by atoms with Gasteiger partial charge in [-0.05, 0) is 42.7 Å². The van der Waals surface area contributed by atoms with E-state index < -0.39 is 0 Å². The lowest BCUT2D eigenvalue weighted by molar-refractivity contribution is -0.130. The number of anilines is 1. The zero-order valence-electron chi connectivity index (χ0n) is 17.4. The first kappa shape index (κ1) is 19.5. The lowest BCUT2D eigenvalue weighted by Gasteiger charge is -2.35. The highest BCUT2D eigenvalue weighted by Gasteiger charge is 2.23. The molecule has 0 saturated carbocycles. The maximum atomic E-state index is 12.9. The summed E-state index contributed by atoms with van der Waals surface area (Å²) >= 11 is 0. The van der Waals surface area contributed by atoms with E-state index in [1.54, 1.807) is 10.8 Å². The van der Waals surface area contributed by atoms with Gasteiger partial charge in [0.05, 0.1) is 6.42 Å². The average molecular weight is 419 g/mol. The Hall–Kier alpha value is -3.49. The topological polar surface area (TPSA) is 86.9 Å². The second-order valence-corrected chi connectivity index (χ2v) is 8.07. The Kier molecular flexibility index (Phi) is 5.23. The van der Waals surface area contributed by atoms with E-state index >= 15 is 0 Å². The molecule has 5 rings (SSSR count). The van der Waals surface area contributed by atoms with Crippen LogP contribution in [0, 0.1) is 0 Å². The molecule has 31 heavy (non-hydrogen) atoms. The van der Waals surface area contributed by atoms with Gasteiger partial charge >= 0.3 is 0 Å². The van der Waals surface area contributed by atoms with Gasteiger partial charge in [-0.2, -0.15) is 4.52 Å². The van der Waals surface area contributed by atoms with Crippen molar-refractivity contribution in [3.63, 3.8) is 0 Å². The number of rotatable bonds is 4. The molecule has 160 valence electrons. The Morgan fingerprint density at radius 3 is 2.52 bits per heavy atom. The number of hydrogen-bond donors (Lipinski definition) is 0. The molecule has 9 heteroatoms. The summed E-state index contributed by atoms with van der Waals surface area (Å²) in [5, 5.41) is 12.4. The van der Waals surface area contributed by atoms with Crippen molar-refractivity contribution in [2.24, 2.45) is 0 Å². The van der Waals surface area contributed by atoms with E-state index in [9.17, 15) is 9.59 Å². The molecule has 0 radical (unpaired) electrons. The van der Waals surface area contributed by atoms with Gasteiger partial charge in [0.1, 0.15) is 12.1 Å². The molecule has 4 heterocycles. The van der Waals surface area contributed by atoms with Gasteiger partial charge in [0.15, 0.2) is 5.65 Å². The van der Waals surface area contributed by atoms with Crippen LogP contribution < -0.4 is 4.90 Å². The van der Waals surface area contributed by atoms with Crippen molar-refractivity contribution >= 4 is 23.3 Å². The van der Waals surface area contributed by atoms with Crippen molar-refractivity contribution in [3.8, 4) is 0 Å². The molecule has 3 aromatic rings. The first-order valence-corrected chi connectivity index (χ1v) is 10.8. The van der Waals surface area contributed by atoms with Gasteiger partial charge in [0, 0.05) is 44.8 Å². The van der Waals surface area contributed by atoms with Crippen LogP contribution in [0.25, 0.3) is 5.65 Å². The largest absolute Gasteiger partial charge is 0.352 e. The lowest BCUT2D eigenvalue weighted by atomic mass is 10.1. The fraction of sp³-hybridized carbons (Fsp3) is 0.409. The standard InChI is InChI=1S/C22H25N7O2/c30-21(15-17-4-3-5-18(14-17)22(31)28-8-1-2-9-28)27-12-10-26(11-13-27)20-7-6-19-24-23-16-29(19)25-20/h3-7,14,16H,1-2,8-13,15H2. The van der Waals surface area contributed by atoms with E-state index in [0.29, 0.717) is 30.7 Å². The maximum absolute atomic E-state index is 12.9. The molecule has 2 fully saturated rings. The van der Waals surface area contributed by atoms with Crippen LogP contribution >= 0.6 is 0 Å². The molecule has 2 aliphatic heterocycles. The number of aromatic nitrogens is 4. The van der Waals surface area contributed by atoms with Crippen molar-refractivity contribution in [2.45, 2.75) is 19.3 Å². The monoisotopic (exact) mass is 419 g/mol. The summed E-state index contributed by atoms with van der Waals surface area (Å²) in [5.74, 6) is 1.01. The Bertz CT molecular complexity index is 1100. The summed E-state index contributed by atoms with van der Waals surface area (Å²) < 4.78 is 1.66. The fourth-order valence-corrected chi connectivity index (χ4v) is 4.28. The quantitative estimate of drug-likeness (QED) is 0.633. The van der Waals surface area contributed by atoms with Crippen molar-refractivity contribution in [1.29, 1.82) is 0 Å². The minimum absolute atomic E-state index is 0.0676. The predicted molar refractivity (Wildman–Crippen MR) is 115 cm³/mol. The molecule has 9 nitrogen and oxygen atoms in total. The molecule has 2 aromatic heterocycles. The van der Waals surface area contributed by atoms with Crippen LogP contribution in [0.3, 0.4) is 0 Å². The molecule has 2 amide bonds. The molecule has 2 aliphatic rings. The van der Waals surface area contributed by atoms with Gasteiger partial charge in [0.25, 0.3) is 5.91 Å². The van der Waals surface area contributed by atoms with E-state index in [4.69, 9.17) is 0 Å². The van der Waals surface area contributed by atoms with Crippen molar-refractivity contribution in [2.75, 3.05) is 44.2 Å². The van der Waals surface area contributed by atoms with Crippen LogP contribution in [0.15, 0.2) is 42.7 Å². The van der Waals surface area contributed by atoms with Gasteiger partial charge in [-0.15, -0.1) is 15.3 Å². The zero-order chi connectivity index (χ0) is 21.2. The number of hydrogen-bond acceptors (Lipinski definition) is 6. The fourth-order valence-electron chi connectivity index (χ4n) is 4.28. The van der Waals surface area contributed by atoms with Crippen LogP contribution in [-0.2, 0) is 11.2 Å². The summed E-state index contributed by atoms with van der Waals surface area (Å²) in [7, 11) is 0. The smallest absolute Gasteiger partial charge is 0.253 e. The van der Waals surface area contributed by atoms with Gasteiger partial charge in [-0.3, -0.25) is 9.59 Å². The molecule has 0 N–H and O–H groups in total. The first-order chi connectivity index (χ1) is 15.2. The number of nitrogens with zero attached hydrogens (tertiary/aromatic N) is 7. The minimum Gasteiger partial charge on any atom is -0.352 e. The molecular formula is C22H25N7O2. The van der Waals surface area contributed by atoms with Gasteiger partial charge < -0.3 is 14.7 Å².